The van der Waals surface area contributed by atoms with Crippen LogP contribution in [0.25, 0.3) is 15.3 Å². The van der Waals surface area contributed by atoms with Gasteiger partial charge in [-0.25, -0.2) is 9.67 Å². The third kappa shape index (κ3) is 1.72. The lowest BCUT2D eigenvalue weighted by atomic mass is 10.3. The maximum absolute atomic E-state index is 5.58. The third-order valence-electron chi connectivity index (χ3n) is 2.39. The molecule has 0 atom stereocenters. The minimum absolute atomic E-state index is 0.488. The van der Waals surface area contributed by atoms with E-state index in [0.717, 1.165) is 21.1 Å². The van der Waals surface area contributed by atoms with Gasteiger partial charge in [-0.3, -0.25) is 0 Å². The molecule has 17 heavy (non-hydrogen) atoms. The first-order valence-corrected chi connectivity index (χ1v) is 5.84. The highest BCUT2D eigenvalue weighted by Gasteiger charge is 2.07. The summed E-state index contributed by atoms with van der Waals surface area (Å²) in [5.41, 5.74) is 6.51. The Morgan fingerprint density at radius 2 is 2.24 bits per heavy atom. The Morgan fingerprint density at radius 3 is 2.94 bits per heavy atom. The van der Waals surface area contributed by atoms with Crippen LogP contribution in [0.2, 0.25) is 0 Å². The van der Waals surface area contributed by atoms with Crippen LogP contribution in [0.5, 0.6) is 5.75 Å². The van der Waals surface area contributed by atoms with Crippen LogP contribution in [-0.2, 0) is 0 Å². The monoisotopic (exact) mass is 246 g/mol. The molecule has 0 fully saturated rings. The average molecular weight is 246 g/mol. The van der Waals surface area contributed by atoms with Crippen molar-refractivity contribution in [3.63, 3.8) is 0 Å². The minimum Gasteiger partial charge on any atom is -0.497 e. The van der Waals surface area contributed by atoms with Crippen LogP contribution >= 0.6 is 11.3 Å². The van der Waals surface area contributed by atoms with Crippen molar-refractivity contribution in [1.29, 1.82) is 0 Å². The Hall–Kier alpha value is -2.08. The number of anilines is 1. The van der Waals surface area contributed by atoms with E-state index in [1.807, 2.05) is 18.2 Å². The van der Waals surface area contributed by atoms with Gasteiger partial charge in [0, 0.05) is 12.3 Å². The largest absolute Gasteiger partial charge is 0.497 e. The average Bonchev–Trinajstić information content (AvgIpc) is 2.93. The van der Waals surface area contributed by atoms with Crippen LogP contribution in [0.1, 0.15) is 0 Å². The minimum atomic E-state index is 0.488. The summed E-state index contributed by atoms with van der Waals surface area (Å²) in [5.74, 6) is 1.31. The lowest BCUT2D eigenvalue weighted by molar-refractivity contribution is 0.415. The number of nitrogens with two attached hydrogens (primary N) is 1. The molecule has 2 N–H and O–H groups in total. The summed E-state index contributed by atoms with van der Waals surface area (Å²) in [6, 6.07) is 7.53. The number of hydrogen-bond donors (Lipinski definition) is 1. The number of fused-ring (bicyclic) bond motifs is 1. The van der Waals surface area contributed by atoms with Gasteiger partial charge in [0.2, 0.25) is 5.13 Å². The van der Waals surface area contributed by atoms with Crippen molar-refractivity contribution in [2.24, 2.45) is 0 Å². The van der Waals surface area contributed by atoms with E-state index in [0.29, 0.717) is 5.82 Å². The van der Waals surface area contributed by atoms with Crippen molar-refractivity contribution in [3.8, 4) is 10.9 Å². The Labute approximate surface area is 101 Å². The molecule has 5 nitrogen and oxygen atoms in total. The summed E-state index contributed by atoms with van der Waals surface area (Å²) in [7, 11) is 1.65. The molecule has 0 spiro atoms. The van der Waals surface area contributed by atoms with Crippen LogP contribution < -0.4 is 10.5 Å². The fourth-order valence-electron chi connectivity index (χ4n) is 1.56. The van der Waals surface area contributed by atoms with Crippen molar-refractivity contribution in [1.82, 2.24) is 14.8 Å². The summed E-state index contributed by atoms with van der Waals surface area (Å²) in [5, 5.41) is 4.93. The first-order valence-electron chi connectivity index (χ1n) is 5.02. The molecule has 0 aliphatic heterocycles. The van der Waals surface area contributed by atoms with E-state index in [1.165, 1.54) is 0 Å². The third-order valence-corrected chi connectivity index (χ3v) is 3.40. The van der Waals surface area contributed by atoms with Crippen molar-refractivity contribution in [3.05, 3.63) is 30.5 Å². The van der Waals surface area contributed by atoms with E-state index < -0.39 is 0 Å². The van der Waals surface area contributed by atoms with Gasteiger partial charge in [-0.05, 0) is 18.2 Å². The zero-order chi connectivity index (χ0) is 11.8. The van der Waals surface area contributed by atoms with Crippen molar-refractivity contribution < 1.29 is 4.74 Å². The Balaban J connectivity index is 2.13. The lowest BCUT2D eigenvalue weighted by Gasteiger charge is -1.96. The predicted molar refractivity (Wildman–Crippen MR) is 67.7 cm³/mol. The molecule has 2 heterocycles. The molecular formula is C11H10N4OS. The van der Waals surface area contributed by atoms with E-state index in [9.17, 15) is 0 Å². The lowest BCUT2D eigenvalue weighted by Crippen LogP contribution is -1.94. The summed E-state index contributed by atoms with van der Waals surface area (Å²) < 4.78 is 7.91. The van der Waals surface area contributed by atoms with E-state index in [2.05, 4.69) is 10.1 Å². The van der Waals surface area contributed by atoms with E-state index in [4.69, 9.17) is 10.5 Å². The highest BCUT2D eigenvalue weighted by atomic mass is 32.1. The van der Waals surface area contributed by atoms with Gasteiger partial charge in [-0.15, -0.1) is 5.10 Å². The van der Waals surface area contributed by atoms with Gasteiger partial charge in [0.05, 0.1) is 17.3 Å². The van der Waals surface area contributed by atoms with Crippen molar-refractivity contribution in [2.75, 3.05) is 12.8 Å². The molecule has 0 aliphatic rings. The standard InChI is InChI=1S/C11H10N4OS/c1-16-7-2-3-8-9(6-7)17-11(13-8)15-5-4-10(12)14-15/h2-6H,1H3,(H2,12,14). The van der Waals surface area contributed by atoms with Crippen LogP contribution in [0.4, 0.5) is 5.82 Å². The normalized spacial score (nSPS) is 10.9. The quantitative estimate of drug-likeness (QED) is 0.751. The number of methoxy groups -OCH3 is 1. The van der Waals surface area contributed by atoms with Crippen molar-refractivity contribution >= 4 is 27.4 Å². The SMILES string of the molecule is COc1ccc2nc(-n3ccc(N)n3)sc2c1. The summed E-state index contributed by atoms with van der Waals surface area (Å²) >= 11 is 1.55. The molecule has 3 aromatic rings. The Kier molecular flexibility index (Phi) is 2.22. The van der Waals surface area contributed by atoms with Crippen LogP contribution in [-0.4, -0.2) is 21.9 Å². The van der Waals surface area contributed by atoms with E-state index in [-0.39, 0.29) is 0 Å². The highest BCUT2D eigenvalue weighted by Crippen LogP contribution is 2.28. The Bertz CT molecular complexity index is 673. The summed E-state index contributed by atoms with van der Waals surface area (Å²) in [6.45, 7) is 0. The number of thiazole rings is 1. The maximum Gasteiger partial charge on any atom is 0.211 e. The molecule has 0 unspecified atom stereocenters. The second-order valence-corrected chi connectivity index (χ2v) is 4.52. The van der Waals surface area contributed by atoms with E-state index in [1.54, 1.807) is 35.4 Å². The fourth-order valence-corrected chi connectivity index (χ4v) is 2.49. The molecule has 3 rings (SSSR count). The maximum atomic E-state index is 5.58. The Morgan fingerprint density at radius 1 is 1.35 bits per heavy atom. The van der Waals surface area contributed by atoms with Gasteiger partial charge in [0.1, 0.15) is 11.6 Å². The summed E-state index contributed by atoms with van der Waals surface area (Å²) in [6.07, 6.45) is 1.80. The van der Waals surface area contributed by atoms with Crippen molar-refractivity contribution in [2.45, 2.75) is 0 Å². The van der Waals surface area contributed by atoms with E-state index >= 15 is 0 Å². The summed E-state index contributed by atoms with van der Waals surface area (Å²) in [4.78, 5) is 4.48. The molecule has 2 aromatic heterocycles. The van der Waals surface area contributed by atoms with Gasteiger partial charge in [0.15, 0.2) is 0 Å². The second-order valence-electron chi connectivity index (χ2n) is 3.52. The molecule has 0 saturated heterocycles. The predicted octanol–water partition coefficient (Wildman–Crippen LogP) is 2.07. The van der Waals surface area contributed by atoms with Crippen LogP contribution in [0.15, 0.2) is 30.5 Å². The molecule has 6 heteroatoms. The van der Waals surface area contributed by atoms with Gasteiger partial charge in [-0.1, -0.05) is 11.3 Å². The molecule has 0 bridgehead atoms. The van der Waals surface area contributed by atoms with Crippen LogP contribution in [0, 0.1) is 0 Å². The second kappa shape index (κ2) is 3.74. The number of rotatable bonds is 2. The number of nitrogen functional groups attached to an aromatic ring is 1. The van der Waals surface area contributed by atoms with Crippen LogP contribution in [0.3, 0.4) is 0 Å². The molecule has 0 saturated carbocycles. The van der Waals surface area contributed by atoms with Gasteiger partial charge in [0.25, 0.3) is 0 Å². The molecule has 86 valence electrons. The highest BCUT2D eigenvalue weighted by molar-refractivity contribution is 7.20. The van der Waals surface area contributed by atoms with Gasteiger partial charge >= 0.3 is 0 Å². The number of nitrogens with zero attached hydrogens (tertiary/aromatic N) is 3. The molecule has 0 radical (unpaired) electrons. The first-order chi connectivity index (χ1) is 8.26. The number of aromatic nitrogens is 3. The fraction of sp³-hybridized carbons (Fsp3) is 0.0909. The smallest absolute Gasteiger partial charge is 0.211 e. The number of ether oxygens (including phenoxy) is 1. The zero-order valence-electron chi connectivity index (χ0n) is 9.12. The van der Waals surface area contributed by atoms with Gasteiger partial charge < -0.3 is 10.5 Å². The first kappa shape index (κ1) is 10.1. The topological polar surface area (TPSA) is 66.0 Å². The molecule has 1 aromatic carbocycles. The number of hydrogen-bond acceptors (Lipinski definition) is 5. The molecule has 0 aliphatic carbocycles. The molecule has 0 amide bonds. The number of benzene rings is 1. The van der Waals surface area contributed by atoms with Gasteiger partial charge in [-0.2, -0.15) is 0 Å². The zero-order valence-corrected chi connectivity index (χ0v) is 9.94. The molecular weight excluding hydrogens is 236 g/mol.